The summed E-state index contributed by atoms with van der Waals surface area (Å²) in [5.74, 6) is 0.0659. The van der Waals surface area contributed by atoms with Gasteiger partial charge in [-0.3, -0.25) is 4.79 Å². The van der Waals surface area contributed by atoms with E-state index in [9.17, 15) is 4.79 Å². The van der Waals surface area contributed by atoms with Crippen LogP contribution in [0.5, 0.6) is 0 Å². The molecule has 0 bridgehead atoms. The number of carbonyl (C=O) groups is 1. The number of nitrogens with one attached hydrogen (secondary N) is 1. The number of hydrogen-bond acceptors (Lipinski definition) is 4. The van der Waals surface area contributed by atoms with E-state index in [-0.39, 0.29) is 11.9 Å². The monoisotopic (exact) mass is 303 g/mol. The highest BCUT2D eigenvalue weighted by molar-refractivity contribution is 7.09. The maximum absolute atomic E-state index is 11.4. The van der Waals surface area contributed by atoms with Crippen LogP contribution in [0.2, 0.25) is 0 Å². The fourth-order valence-corrected chi connectivity index (χ4v) is 3.00. The van der Waals surface area contributed by atoms with E-state index in [1.807, 2.05) is 37.7 Å². The van der Waals surface area contributed by atoms with Crippen molar-refractivity contribution in [1.29, 1.82) is 0 Å². The van der Waals surface area contributed by atoms with Crippen molar-refractivity contribution in [3.8, 4) is 0 Å². The van der Waals surface area contributed by atoms with Crippen molar-refractivity contribution in [2.24, 2.45) is 0 Å². The fraction of sp³-hybridized carbons (Fsp3) is 0.375. The summed E-state index contributed by atoms with van der Waals surface area (Å²) in [5, 5.41) is 3.53. The van der Waals surface area contributed by atoms with Gasteiger partial charge in [0.2, 0.25) is 5.91 Å². The molecule has 2 rings (SSSR count). The molecule has 2 aromatic rings. The summed E-state index contributed by atoms with van der Waals surface area (Å²) in [6.45, 7) is 6.34. The molecule has 1 N–H and O–H groups in total. The van der Waals surface area contributed by atoms with Gasteiger partial charge in [-0.25, -0.2) is 4.98 Å². The summed E-state index contributed by atoms with van der Waals surface area (Å²) in [6.07, 6.45) is 0. The minimum absolute atomic E-state index is 0.0659. The molecule has 0 aliphatic carbocycles. The van der Waals surface area contributed by atoms with Gasteiger partial charge in [0.15, 0.2) is 0 Å². The van der Waals surface area contributed by atoms with Crippen LogP contribution in [0.1, 0.15) is 36.0 Å². The number of nitrogens with zero attached hydrogens (tertiary/aromatic N) is 2. The number of benzene rings is 1. The lowest BCUT2D eigenvalue weighted by Gasteiger charge is -2.21. The van der Waals surface area contributed by atoms with E-state index in [0.717, 1.165) is 16.9 Å². The minimum atomic E-state index is 0.0659. The summed E-state index contributed by atoms with van der Waals surface area (Å²) in [4.78, 5) is 18.7. The quantitative estimate of drug-likeness (QED) is 0.918. The van der Waals surface area contributed by atoms with Crippen LogP contribution in [0.15, 0.2) is 29.8 Å². The third-order valence-electron chi connectivity index (χ3n) is 3.51. The molecule has 0 fully saturated rings. The van der Waals surface area contributed by atoms with Gasteiger partial charge in [-0.15, -0.1) is 11.3 Å². The Morgan fingerprint density at radius 3 is 2.76 bits per heavy atom. The number of carbonyl (C=O) groups excluding carboxylic acids is 1. The number of amides is 1. The van der Waals surface area contributed by atoms with Gasteiger partial charge < -0.3 is 10.2 Å². The molecule has 0 saturated carbocycles. The van der Waals surface area contributed by atoms with Crippen LogP contribution in [0.3, 0.4) is 0 Å². The van der Waals surface area contributed by atoms with Crippen LogP contribution in [0, 0.1) is 6.92 Å². The van der Waals surface area contributed by atoms with Crippen molar-refractivity contribution >= 4 is 22.9 Å². The Kier molecular flexibility index (Phi) is 4.96. The summed E-state index contributed by atoms with van der Waals surface area (Å²) in [5.41, 5.74) is 5.12. The van der Waals surface area contributed by atoms with Crippen molar-refractivity contribution in [1.82, 2.24) is 9.88 Å². The van der Waals surface area contributed by atoms with Gasteiger partial charge >= 0.3 is 0 Å². The second-order valence-electron chi connectivity index (χ2n) is 5.20. The number of aromatic nitrogens is 1. The summed E-state index contributed by atoms with van der Waals surface area (Å²) in [6, 6.07) is 8.30. The number of rotatable bonds is 5. The first-order valence-corrected chi connectivity index (χ1v) is 7.83. The highest BCUT2D eigenvalue weighted by atomic mass is 32.1. The molecule has 0 saturated heterocycles. The Morgan fingerprint density at radius 2 is 2.14 bits per heavy atom. The number of thiazole rings is 1. The largest absolute Gasteiger partial charge is 0.377 e. The molecule has 0 aliphatic heterocycles. The maximum Gasteiger partial charge on any atom is 0.219 e. The van der Waals surface area contributed by atoms with Crippen molar-refractivity contribution in [2.45, 2.75) is 33.4 Å². The zero-order valence-electron chi connectivity index (χ0n) is 12.9. The zero-order chi connectivity index (χ0) is 15.4. The molecule has 1 unspecified atom stereocenters. The average molecular weight is 303 g/mol. The average Bonchev–Trinajstić information content (AvgIpc) is 2.87. The number of aryl methyl sites for hydroxylation is 1. The fourth-order valence-electron chi connectivity index (χ4n) is 2.19. The Labute approximate surface area is 129 Å². The van der Waals surface area contributed by atoms with Gasteiger partial charge in [-0.1, -0.05) is 18.2 Å². The van der Waals surface area contributed by atoms with Gasteiger partial charge in [0.25, 0.3) is 0 Å². The van der Waals surface area contributed by atoms with Crippen LogP contribution < -0.4 is 5.32 Å². The van der Waals surface area contributed by atoms with Gasteiger partial charge in [0, 0.05) is 31.1 Å². The van der Waals surface area contributed by atoms with Gasteiger partial charge in [-0.05, 0) is 25.5 Å². The summed E-state index contributed by atoms with van der Waals surface area (Å²) in [7, 11) is 1.82. The van der Waals surface area contributed by atoms with Gasteiger partial charge in [-0.2, -0.15) is 0 Å². The van der Waals surface area contributed by atoms with Crippen LogP contribution >= 0.6 is 11.3 Å². The normalized spacial score (nSPS) is 12.0. The molecule has 1 aromatic heterocycles. The zero-order valence-corrected chi connectivity index (χ0v) is 13.7. The van der Waals surface area contributed by atoms with E-state index in [1.165, 1.54) is 4.88 Å². The smallest absolute Gasteiger partial charge is 0.219 e. The van der Waals surface area contributed by atoms with Gasteiger partial charge in [0.1, 0.15) is 0 Å². The van der Waals surface area contributed by atoms with E-state index < -0.39 is 0 Å². The molecule has 0 aliphatic rings. The first-order valence-electron chi connectivity index (χ1n) is 6.95. The van der Waals surface area contributed by atoms with E-state index >= 15 is 0 Å². The van der Waals surface area contributed by atoms with Crippen molar-refractivity contribution in [3.63, 3.8) is 0 Å². The standard InChI is InChI=1S/C16H21N3OS/c1-11-16(21-10-17-11)12(2)18-15-8-6-5-7-14(15)9-19(4)13(3)20/h5-8,10,12,18H,9H2,1-4H3. The molecule has 1 amide bonds. The highest BCUT2D eigenvalue weighted by Gasteiger charge is 2.13. The molecule has 1 aromatic carbocycles. The highest BCUT2D eigenvalue weighted by Crippen LogP contribution is 2.27. The molecule has 0 spiro atoms. The molecule has 112 valence electrons. The topological polar surface area (TPSA) is 45.2 Å². The van der Waals surface area contributed by atoms with E-state index in [2.05, 4.69) is 23.3 Å². The molecule has 1 atom stereocenters. The van der Waals surface area contributed by atoms with Crippen molar-refractivity contribution in [3.05, 3.63) is 45.9 Å². The predicted octanol–water partition coefficient (Wildman–Crippen LogP) is 3.60. The lowest BCUT2D eigenvalue weighted by Crippen LogP contribution is -2.23. The minimum Gasteiger partial charge on any atom is -0.377 e. The number of para-hydroxylation sites is 1. The lowest BCUT2D eigenvalue weighted by molar-refractivity contribution is -0.128. The number of hydrogen-bond donors (Lipinski definition) is 1. The van der Waals surface area contributed by atoms with E-state index in [0.29, 0.717) is 6.54 Å². The van der Waals surface area contributed by atoms with Crippen LogP contribution in [-0.4, -0.2) is 22.8 Å². The van der Waals surface area contributed by atoms with Crippen LogP contribution in [0.25, 0.3) is 0 Å². The number of anilines is 1. The third kappa shape index (κ3) is 3.82. The van der Waals surface area contributed by atoms with Crippen LogP contribution in [0.4, 0.5) is 5.69 Å². The van der Waals surface area contributed by atoms with Crippen molar-refractivity contribution < 1.29 is 4.79 Å². The lowest BCUT2D eigenvalue weighted by atomic mass is 10.1. The summed E-state index contributed by atoms with van der Waals surface area (Å²) < 4.78 is 0. The molecule has 5 heteroatoms. The molecule has 1 heterocycles. The molecular formula is C16H21N3OS. The molecule has 21 heavy (non-hydrogen) atoms. The summed E-state index contributed by atoms with van der Waals surface area (Å²) >= 11 is 1.66. The Hall–Kier alpha value is -1.88. The second kappa shape index (κ2) is 6.72. The first-order chi connectivity index (χ1) is 9.99. The molecule has 4 nitrogen and oxygen atoms in total. The van der Waals surface area contributed by atoms with Gasteiger partial charge in [0.05, 0.1) is 17.2 Å². The molecular weight excluding hydrogens is 282 g/mol. The predicted molar refractivity (Wildman–Crippen MR) is 87.5 cm³/mol. The maximum atomic E-state index is 11.4. The Balaban J connectivity index is 2.17. The first kappa shape index (κ1) is 15.5. The molecule has 0 radical (unpaired) electrons. The Bertz CT molecular complexity index is 623. The second-order valence-corrected chi connectivity index (χ2v) is 6.09. The third-order valence-corrected chi connectivity index (χ3v) is 4.62. The van der Waals surface area contributed by atoms with E-state index in [1.54, 1.807) is 23.2 Å². The Morgan fingerprint density at radius 1 is 1.43 bits per heavy atom. The SMILES string of the molecule is CC(=O)N(C)Cc1ccccc1NC(C)c1scnc1C. The van der Waals surface area contributed by atoms with Crippen LogP contribution in [-0.2, 0) is 11.3 Å². The van der Waals surface area contributed by atoms with E-state index in [4.69, 9.17) is 0 Å². The van der Waals surface area contributed by atoms with Crippen molar-refractivity contribution in [2.75, 3.05) is 12.4 Å².